The molecule has 0 saturated carbocycles. The third-order valence-electron chi connectivity index (χ3n) is 8.61. The van der Waals surface area contributed by atoms with Crippen molar-refractivity contribution < 1.29 is 19.1 Å². The molecule has 1 heterocycles. The number of hydrogen-bond donors (Lipinski definition) is 0. The molecule has 1 aliphatic heterocycles. The molecule has 2 unspecified atom stereocenters. The summed E-state index contributed by atoms with van der Waals surface area (Å²) in [5, 5.41) is 4.34. The van der Waals surface area contributed by atoms with E-state index < -0.39 is 0 Å². The van der Waals surface area contributed by atoms with Crippen LogP contribution < -0.4 is 19.3 Å². The smallest absolute Gasteiger partial charge is 0.265 e. The van der Waals surface area contributed by atoms with E-state index in [1.165, 1.54) is 0 Å². The Morgan fingerprint density at radius 1 is 0.652 bits per heavy atom. The summed E-state index contributed by atoms with van der Waals surface area (Å²) in [6.45, 7) is 1.81. The molecule has 1 aliphatic rings. The highest BCUT2D eigenvalue weighted by Gasteiger charge is 2.38. The second-order valence-electron chi connectivity index (χ2n) is 11.6. The van der Waals surface area contributed by atoms with Gasteiger partial charge >= 0.3 is 0 Å². The van der Waals surface area contributed by atoms with Gasteiger partial charge in [0, 0.05) is 17.4 Å². The van der Waals surface area contributed by atoms with E-state index in [4.69, 9.17) is 9.47 Å². The molecule has 0 N–H and O–H groups in total. The molecule has 0 aliphatic carbocycles. The molecule has 0 fully saturated rings. The van der Waals surface area contributed by atoms with Crippen LogP contribution in [0.5, 0.6) is 11.5 Å². The van der Waals surface area contributed by atoms with Crippen LogP contribution in [0.15, 0.2) is 140 Å². The van der Waals surface area contributed by atoms with Crippen molar-refractivity contribution in [1.29, 1.82) is 0 Å². The highest BCUT2D eigenvalue weighted by molar-refractivity contribution is 5.99. The SMILES string of the molecule is CC1CC(N(C(=O)COc2ccc3ccccc3c2)c2ccccc2)c2ccccc2N1C(=O)COc1ccc2ccccc2c1. The fourth-order valence-corrected chi connectivity index (χ4v) is 6.44. The average molecular weight is 607 g/mol. The number of carbonyl (C=O) groups is 2. The van der Waals surface area contributed by atoms with E-state index in [2.05, 4.69) is 0 Å². The molecule has 6 nitrogen and oxygen atoms in total. The van der Waals surface area contributed by atoms with Gasteiger partial charge in [-0.3, -0.25) is 9.59 Å². The first-order chi connectivity index (χ1) is 22.5. The van der Waals surface area contributed by atoms with Gasteiger partial charge in [-0.05, 0) is 82.9 Å². The minimum absolute atomic E-state index is 0.0946. The van der Waals surface area contributed by atoms with E-state index in [9.17, 15) is 9.59 Å². The number of para-hydroxylation sites is 2. The Morgan fingerprint density at radius 2 is 1.20 bits per heavy atom. The van der Waals surface area contributed by atoms with Gasteiger partial charge in [-0.2, -0.15) is 0 Å². The summed E-state index contributed by atoms with van der Waals surface area (Å²) in [6, 6.07) is 44.8. The molecule has 46 heavy (non-hydrogen) atoms. The molecule has 2 amide bonds. The first-order valence-corrected chi connectivity index (χ1v) is 15.6. The van der Waals surface area contributed by atoms with Crippen molar-refractivity contribution in [1.82, 2.24) is 0 Å². The van der Waals surface area contributed by atoms with Gasteiger partial charge in [-0.1, -0.05) is 97.1 Å². The third-order valence-corrected chi connectivity index (χ3v) is 8.61. The van der Waals surface area contributed by atoms with E-state index >= 15 is 0 Å². The van der Waals surface area contributed by atoms with Gasteiger partial charge in [-0.25, -0.2) is 0 Å². The zero-order valence-electron chi connectivity index (χ0n) is 25.6. The van der Waals surface area contributed by atoms with Crippen molar-refractivity contribution in [2.45, 2.75) is 25.4 Å². The van der Waals surface area contributed by atoms with Crippen LogP contribution in [-0.4, -0.2) is 31.1 Å². The van der Waals surface area contributed by atoms with Crippen LogP contribution in [0.4, 0.5) is 11.4 Å². The number of anilines is 2. The standard InChI is InChI=1S/C40H34N2O4/c1-28-23-38(42(33-15-3-2-4-16-33)40(44)27-46-35-22-20-30-12-6-8-14-32(30)25-35)36-17-9-10-18-37(36)41(28)39(43)26-45-34-21-19-29-11-5-7-13-31(29)24-34/h2-22,24-25,28,38H,23,26-27H2,1H3. The van der Waals surface area contributed by atoms with Crippen molar-refractivity contribution in [3.8, 4) is 11.5 Å². The van der Waals surface area contributed by atoms with E-state index in [1.807, 2.05) is 156 Å². The van der Waals surface area contributed by atoms with Crippen molar-refractivity contribution in [2.24, 2.45) is 0 Å². The lowest BCUT2D eigenvalue weighted by atomic mass is 9.90. The summed E-state index contributed by atoms with van der Waals surface area (Å²) < 4.78 is 12.1. The topological polar surface area (TPSA) is 59.1 Å². The highest BCUT2D eigenvalue weighted by Crippen LogP contribution is 2.42. The van der Waals surface area contributed by atoms with Crippen LogP contribution in [-0.2, 0) is 9.59 Å². The molecule has 0 spiro atoms. The normalized spacial score (nSPS) is 15.7. The number of carbonyl (C=O) groups excluding carboxylic acids is 2. The fraction of sp³-hybridized carbons (Fsp3) is 0.150. The fourth-order valence-electron chi connectivity index (χ4n) is 6.44. The largest absolute Gasteiger partial charge is 0.484 e. The van der Waals surface area contributed by atoms with Crippen LogP contribution in [0.2, 0.25) is 0 Å². The molecule has 0 aromatic heterocycles. The number of benzene rings is 6. The number of ether oxygens (including phenoxy) is 2. The van der Waals surface area contributed by atoms with E-state index in [1.54, 1.807) is 0 Å². The summed E-state index contributed by atoms with van der Waals surface area (Å²) in [6.07, 6.45) is 0.551. The lowest BCUT2D eigenvalue weighted by Crippen LogP contribution is -2.49. The first kappa shape index (κ1) is 29.1. The number of fused-ring (bicyclic) bond motifs is 3. The second-order valence-corrected chi connectivity index (χ2v) is 11.6. The Bertz CT molecular complexity index is 2030. The van der Waals surface area contributed by atoms with E-state index in [-0.39, 0.29) is 37.1 Å². The van der Waals surface area contributed by atoms with Crippen molar-refractivity contribution in [3.05, 3.63) is 145 Å². The summed E-state index contributed by atoms with van der Waals surface area (Å²) in [7, 11) is 0. The maximum Gasteiger partial charge on any atom is 0.265 e. The zero-order chi connectivity index (χ0) is 31.5. The Labute approximate surface area is 268 Å². The van der Waals surface area contributed by atoms with Gasteiger partial charge in [0.2, 0.25) is 0 Å². The minimum atomic E-state index is -0.299. The van der Waals surface area contributed by atoms with Gasteiger partial charge < -0.3 is 19.3 Å². The summed E-state index contributed by atoms with van der Waals surface area (Å²) in [5.41, 5.74) is 2.46. The molecule has 0 radical (unpaired) electrons. The zero-order valence-corrected chi connectivity index (χ0v) is 25.6. The Balaban J connectivity index is 1.14. The summed E-state index contributed by atoms with van der Waals surface area (Å²) in [4.78, 5) is 31.4. The molecule has 0 bridgehead atoms. The maximum absolute atomic E-state index is 14.1. The molecule has 6 aromatic rings. The predicted octanol–water partition coefficient (Wildman–Crippen LogP) is 8.35. The Kier molecular flexibility index (Phi) is 8.09. The number of rotatable bonds is 8. The third kappa shape index (κ3) is 5.89. The average Bonchev–Trinajstić information content (AvgIpc) is 3.10. The van der Waals surface area contributed by atoms with Crippen molar-refractivity contribution in [2.75, 3.05) is 23.0 Å². The maximum atomic E-state index is 14.1. The van der Waals surface area contributed by atoms with Crippen LogP contribution in [0, 0.1) is 0 Å². The van der Waals surface area contributed by atoms with Crippen LogP contribution in [0.3, 0.4) is 0 Å². The Hall–Kier alpha value is -5.62. The molecule has 6 aromatic carbocycles. The van der Waals surface area contributed by atoms with Crippen molar-refractivity contribution in [3.63, 3.8) is 0 Å². The van der Waals surface area contributed by atoms with Gasteiger partial charge in [-0.15, -0.1) is 0 Å². The summed E-state index contributed by atoms with van der Waals surface area (Å²) >= 11 is 0. The molecule has 228 valence electrons. The molecular weight excluding hydrogens is 572 g/mol. The van der Waals surface area contributed by atoms with Gasteiger partial charge in [0.15, 0.2) is 13.2 Å². The van der Waals surface area contributed by atoms with Gasteiger partial charge in [0.25, 0.3) is 11.8 Å². The lowest BCUT2D eigenvalue weighted by molar-refractivity contribution is -0.121. The molecule has 0 saturated heterocycles. The summed E-state index contributed by atoms with van der Waals surface area (Å²) in [5.74, 6) is 0.991. The quantitative estimate of drug-likeness (QED) is 0.175. The molecular formula is C40H34N2O4. The molecule has 7 rings (SSSR count). The first-order valence-electron chi connectivity index (χ1n) is 15.6. The van der Waals surface area contributed by atoms with Crippen molar-refractivity contribution >= 4 is 44.7 Å². The van der Waals surface area contributed by atoms with Gasteiger partial charge in [0.1, 0.15) is 11.5 Å². The number of amides is 2. The molecule has 2 atom stereocenters. The number of hydrogen-bond acceptors (Lipinski definition) is 4. The monoisotopic (exact) mass is 606 g/mol. The number of nitrogens with zero attached hydrogens (tertiary/aromatic N) is 2. The van der Waals surface area contributed by atoms with Crippen LogP contribution >= 0.6 is 0 Å². The Morgan fingerprint density at radius 3 is 1.85 bits per heavy atom. The minimum Gasteiger partial charge on any atom is -0.484 e. The highest BCUT2D eigenvalue weighted by atomic mass is 16.5. The van der Waals surface area contributed by atoms with Crippen LogP contribution in [0.25, 0.3) is 21.5 Å². The predicted molar refractivity (Wildman–Crippen MR) is 184 cm³/mol. The molecule has 6 heteroatoms. The van der Waals surface area contributed by atoms with E-state index in [0.29, 0.717) is 17.9 Å². The lowest BCUT2D eigenvalue weighted by Gasteiger charge is -2.43. The van der Waals surface area contributed by atoms with E-state index in [0.717, 1.165) is 38.5 Å². The second kappa shape index (κ2) is 12.8. The van der Waals surface area contributed by atoms with Crippen LogP contribution in [0.1, 0.15) is 24.9 Å². The van der Waals surface area contributed by atoms with Gasteiger partial charge in [0.05, 0.1) is 6.04 Å².